The Hall–Kier alpha value is -1.74. The van der Waals surface area contributed by atoms with Gasteiger partial charge in [-0.05, 0) is 35.9 Å². The van der Waals surface area contributed by atoms with Crippen molar-refractivity contribution in [1.82, 2.24) is 0 Å². The monoisotopic (exact) mass is 376 g/mol. The van der Waals surface area contributed by atoms with E-state index in [-0.39, 0.29) is 9.91 Å². The number of allylic oxidation sites excluding steroid dienone is 2. The zero-order valence-electron chi connectivity index (χ0n) is 14.4. The van der Waals surface area contributed by atoms with Crippen molar-refractivity contribution in [3.63, 3.8) is 0 Å². The molecule has 0 amide bonds. The molecule has 0 aromatic heterocycles. The lowest BCUT2D eigenvalue weighted by molar-refractivity contribution is 0.0716. The summed E-state index contributed by atoms with van der Waals surface area (Å²) in [5.74, 6) is 1.62. The highest BCUT2D eigenvalue weighted by molar-refractivity contribution is 6.55. The third-order valence-corrected chi connectivity index (χ3v) is 3.64. The van der Waals surface area contributed by atoms with Gasteiger partial charge in [-0.1, -0.05) is 79.5 Å². The summed E-state index contributed by atoms with van der Waals surface area (Å²) in [4.78, 5) is 0. The summed E-state index contributed by atoms with van der Waals surface area (Å²) in [6.45, 7) is 5.29. The van der Waals surface area contributed by atoms with Gasteiger partial charge in [-0.25, -0.2) is 0 Å². The number of ether oxygens (including phenoxy) is 2. The molecule has 0 aliphatic rings. The van der Waals surface area contributed by atoms with Crippen LogP contribution in [0.1, 0.15) is 19.4 Å². The van der Waals surface area contributed by atoms with Gasteiger partial charge in [0.15, 0.2) is 0 Å². The predicted molar refractivity (Wildman–Crippen MR) is 105 cm³/mol. The highest BCUT2D eigenvalue weighted by Crippen LogP contribution is 2.23. The Bertz CT molecular complexity index is 718. The molecule has 0 atom stereocenters. The molecule has 132 valence electrons. The second-order valence-corrected chi connectivity index (χ2v) is 7.37. The predicted octanol–water partition coefficient (Wildman–Crippen LogP) is 6.90. The summed E-state index contributed by atoms with van der Waals surface area (Å²) in [6.07, 6.45) is 5.51. The second kappa shape index (κ2) is 9.67. The molecule has 2 nitrogen and oxygen atoms in total. The fourth-order valence-electron chi connectivity index (χ4n) is 2.18. The number of benzene rings is 2. The molecule has 0 spiro atoms. The van der Waals surface area contributed by atoms with Crippen molar-refractivity contribution < 1.29 is 9.47 Å². The third-order valence-electron chi connectivity index (χ3n) is 3.39. The first-order valence-electron chi connectivity index (χ1n) is 8.05. The number of halogens is 2. The molecule has 0 fully saturated rings. The molecule has 0 heterocycles. The SMILES string of the molecule is CC(C)(C=CC=C(Cl)Cl)COCc1cccc(Oc2ccccc2)c1. The molecule has 0 bridgehead atoms. The molecule has 0 saturated heterocycles. The largest absolute Gasteiger partial charge is 0.457 e. The lowest BCUT2D eigenvalue weighted by atomic mass is 9.94. The van der Waals surface area contributed by atoms with E-state index < -0.39 is 0 Å². The Morgan fingerprint density at radius 1 is 1.00 bits per heavy atom. The highest BCUT2D eigenvalue weighted by Gasteiger charge is 2.13. The fraction of sp³-hybridized carbons (Fsp3) is 0.238. The van der Waals surface area contributed by atoms with E-state index in [0.717, 1.165) is 17.1 Å². The topological polar surface area (TPSA) is 18.5 Å². The zero-order valence-corrected chi connectivity index (χ0v) is 15.9. The van der Waals surface area contributed by atoms with Crippen LogP contribution in [0.2, 0.25) is 0 Å². The Kier molecular flexibility index (Phi) is 7.57. The molecule has 0 unspecified atom stereocenters. The van der Waals surface area contributed by atoms with Gasteiger partial charge in [-0.3, -0.25) is 0 Å². The normalized spacial score (nSPS) is 11.5. The molecule has 0 saturated carbocycles. The average molecular weight is 377 g/mol. The van der Waals surface area contributed by atoms with Crippen LogP contribution in [-0.2, 0) is 11.3 Å². The van der Waals surface area contributed by atoms with Crippen LogP contribution in [0.3, 0.4) is 0 Å². The molecule has 0 aliphatic carbocycles. The van der Waals surface area contributed by atoms with E-state index in [1.165, 1.54) is 0 Å². The van der Waals surface area contributed by atoms with Gasteiger partial charge >= 0.3 is 0 Å². The summed E-state index contributed by atoms with van der Waals surface area (Å²) in [7, 11) is 0. The molecule has 2 aromatic rings. The van der Waals surface area contributed by atoms with E-state index in [1.807, 2.05) is 66.7 Å². The first-order chi connectivity index (χ1) is 11.9. The number of para-hydroxylation sites is 1. The molecule has 2 aromatic carbocycles. The van der Waals surface area contributed by atoms with Crippen LogP contribution < -0.4 is 4.74 Å². The highest BCUT2D eigenvalue weighted by atomic mass is 35.5. The fourth-order valence-corrected chi connectivity index (χ4v) is 2.33. The summed E-state index contributed by atoms with van der Waals surface area (Å²) < 4.78 is 11.9. The summed E-state index contributed by atoms with van der Waals surface area (Å²) in [6, 6.07) is 17.6. The van der Waals surface area contributed by atoms with Gasteiger partial charge in [0.05, 0.1) is 13.2 Å². The standard InChI is InChI=1S/C21H22Cl2O2/c1-21(2,13-7-12-20(22)23)16-24-15-17-8-6-11-19(14-17)25-18-9-4-3-5-10-18/h3-14H,15-16H2,1-2H3. The van der Waals surface area contributed by atoms with Gasteiger partial charge in [-0.15, -0.1) is 0 Å². The van der Waals surface area contributed by atoms with Crippen molar-refractivity contribution in [2.75, 3.05) is 6.61 Å². The van der Waals surface area contributed by atoms with Crippen molar-refractivity contribution in [2.45, 2.75) is 20.5 Å². The van der Waals surface area contributed by atoms with E-state index in [1.54, 1.807) is 6.08 Å². The zero-order chi connectivity index (χ0) is 18.1. The Balaban J connectivity index is 1.88. The quantitative estimate of drug-likeness (QED) is 0.466. The minimum Gasteiger partial charge on any atom is -0.457 e. The number of hydrogen-bond acceptors (Lipinski definition) is 2. The van der Waals surface area contributed by atoms with E-state index in [4.69, 9.17) is 32.7 Å². The van der Waals surface area contributed by atoms with Gasteiger partial charge < -0.3 is 9.47 Å². The van der Waals surface area contributed by atoms with Crippen LogP contribution >= 0.6 is 23.2 Å². The maximum absolute atomic E-state index is 5.85. The molecule has 25 heavy (non-hydrogen) atoms. The van der Waals surface area contributed by atoms with Crippen molar-refractivity contribution in [2.24, 2.45) is 5.41 Å². The van der Waals surface area contributed by atoms with Gasteiger partial charge in [-0.2, -0.15) is 0 Å². The Labute approximate surface area is 159 Å². The van der Waals surface area contributed by atoms with Crippen LogP contribution in [0.15, 0.2) is 77.3 Å². The van der Waals surface area contributed by atoms with Gasteiger partial charge in [0.2, 0.25) is 0 Å². The van der Waals surface area contributed by atoms with E-state index in [2.05, 4.69) is 13.8 Å². The second-order valence-electron chi connectivity index (χ2n) is 6.36. The number of rotatable bonds is 8. The third kappa shape index (κ3) is 7.78. The maximum atomic E-state index is 5.85. The van der Waals surface area contributed by atoms with E-state index in [9.17, 15) is 0 Å². The van der Waals surface area contributed by atoms with Crippen LogP contribution in [0.25, 0.3) is 0 Å². The minimum atomic E-state index is -0.113. The first-order valence-corrected chi connectivity index (χ1v) is 8.80. The molecule has 4 heteroatoms. The summed E-state index contributed by atoms with van der Waals surface area (Å²) >= 11 is 11.2. The van der Waals surface area contributed by atoms with Crippen molar-refractivity contribution in [3.05, 3.63) is 82.9 Å². The Morgan fingerprint density at radius 2 is 1.72 bits per heavy atom. The molecular weight excluding hydrogens is 355 g/mol. The lowest BCUT2D eigenvalue weighted by Gasteiger charge is -2.20. The molecule has 0 N–H and O–H groups in total. The minimum absolute atomic E-state index is 0.113. The maximum Gasteiger partial charge on any atom is 0.127 e. The van der Waals surface area contributed by atoms with E-state index in [0.29, 0.717) is 13.2 Å². The molecular formula is C21H22Cl2O2. The average Bonchev–Trinajstić information content (AvgIpc) is 2.55. The van der Waals surface area contributed by atoms with Gasteiger partial charge in [0.1, 0.15) is 16.0 Å². The van der Waals surface area contributed by atoms with Crippen LogP contribution in [0.5, 0.6) is 11.5 Å². The van der Waals surface area contributed by atoms with Crippen molar-refractivity contribution in [1.29, 1.82) is 0 Å². The van der Waals surface area contributed by atoms with Crippen LogP contribution in [0, 0.1) is 5.41 Å². The van der Waals surface area contributed by atoms with E-state index >= 15 is 0 Å². The Morgan fingerprint density at radius 3 is 2.44 bits per heavy atom. The lowest BCUT2D eigenvalue weighted by Crippen LogP contribution is -2.16. The summed E-state index contributed by atoms with van der Waals surface area (Å²) in [5.41, 5.74) is 0.953. The smallest absolute Gasteiger partial charge is 0.127 e. The molecule has 2 rings (SSSR count). The molecule has 0 radical (unpaired) electrons. The van der Waals surface area contributed by atoms with Crippen molar-refractivity contribution >= 4 is 23.2 Å². The molecule has 0 aliphatic heterocycles. The van der Waals surface area contributed by atoms with Gasteiger partial charge in [0.25, 0.3) is 0 Å². The first kappa shape index (κ1) is 19.6. The number of hydrogen-bond donors (Lipinski definition) is 0. The van der Waals surface area contributed by atoms with Gasteiger partial charge in [0, 0.05) is 5.41 Å². The van der Waals surface area contributed by atoms with Crippen LogP contribution in [0.4, 0.5) is 0 Å². The van der Waals surface area contributed by atoms with Crippen LogP contribution in [-0.4, -0.2) is 6.61 Å². The van der Waals surface area contributed by atoms with Crippen molar-refractivity contribution in [3.8, 4) is 11.5 Å². The summed E-state index contributed by atoms with van der Waals surface area (Å²) in [5, 5.41) is 0.